The van der Waals surface area contributed by atoms with Crippen molar-refractivity contribution >= 4 is 11.3 Å². The third kappa shape index (κ3) is 7.91. The summed E-state index contributed by atoms with van der Waals surface area (Å²) in [6, 6.07) is 9.34. The summed E-state index contributed by atoms with van der Waals surface area (Å²) in [5.74, 6) is 0. The molecule has 3 N–H and O–H groups in total. The average Bonchev–Trinajstić information content (AvgIpc) is 3.10. The highest BCUT2D eigenvalue weighted by Gasteiger charge is 2.29. The first kappa shape index (κ1) is 22.9. The second-order valence-electron chi connectivity index (χ2n) is 7.38. The number of thiophene rings is 1. The normalized spacial score (nSPS) is 14.2. The van der Waals surface area contributed by atoms with E-state index in [4.69, 9.17) is 10.5 Å². The number of hydrogen-bond donors (Lipinski definition) is 2. The Morgan fingerprint density at radius 2 is 1.64 bits per heavy atom. The molecule has 0 bridgehead atoms. The zero-order valence-electron chi connectivity index (χ0n) is 16.1. The van der Waals surface area contributed by atoms with E-state index in [0.717, 1.165) is 49.8 Å². The van der Waals surface area contributed by atoms with E-state index in [1.54, 1.807) is 11.3 Å². The third-order valence-electron chi connectivity index (χ3n) is 4.53. The van der Waals surface area contributed by atoms with E-state index in [1.807, 2.05) is 6.92 Å². The molecule has 0 aliphatic heterocycles. The fraction of sp³-hybridized carbons (Fsp3) is 0.524. The Bertz CT molecular complexity index is 711. The van der Waals surface area contributed by atoms with Crippen LogP contribution in [0.25, 0.3) is 0 Å². The molecule has 3 nitrogen and oxygen atoms in total. The largest absolute Gasteiger partial charge is 0.416 e. The van der Waals surface area contributed by atoms with E-state index in [0.29, 0.717) is 13.2 Å². The van der Waals surface area contributed by atoms with Gasteiger partial charge in [0.2, 0.25) is 0 Å². The topological polar surface area (TPSA) is 55.5 Å². The molecule has 2 aromatic rings. The first-order chi connectivity index (χ1) is 13.2. The van der Waals surface area contributed by atoms with Crippen molar-refractivity contribution in [3.8, 4) is 0 Å². The standard InChI is InChI=1S/C21H28F3NO2S/c1-20(25,15-26)12-11-19-10-9-18(28-19)4-2-3-13-27-14-16-5-7-17(8-6-16)21(22,23)24/h5-10,26H,2-4,11-15,25H2,1H3. The van der Waals surface area contributed by atoms with Crippen LogP contribution in [-0.4, -0.2) is 23.9 Å². The number of aryl methyl sites for hydroxylation is 2. The van der Waals surface area contributed by atoms with E-state index in [2.05, 4.69) is 12.1 Å². The highest BCUT2D eigenvalue weighted by atomic mass is 32.1. The molecule has 156 valence electrons. The van der Waals surface area contributed by atoms with Gasteiger partial charge in [-0.05, 0) is 68.9 Å². The monoisotopic (exact) mass is 415 g/mol. The van der Waals surface area contributed by atoms with E-state index in [-0.39, 0.29) is 6.61 Å². The molecule has 7 heteroatoms. The third-order valence-corrected chi connectivity index (χ3v) is 5.74. The van der Waals surface area contributed by atoms with E-state index >= 15 is 0 Å². The minimum absolute atomic E-state index is 0.0162. The Morgan fingerprint density at radius 1 is 1.00 bits per heavy atom. The smallest absolute Gasteiger partial charge is 0.394 e. The van der Waals surface area contributed by atoms with Crippen molar-refractivity contribution in [1.29, 1.82) is 0 Å². The SMILES string of the molecule is CC(N)(CO)CCc1ccc(CCCCOCc2ccc(C(F)(F)F)cc2)s1. The van der Waals surface area contributed by atoms with Gasteiger partial charge in [0.25, 0.3) is 0 Å². The Morgan fingerprint density at radius 3 is 2.25 bits per heavy atom. The van der Waals surface area contributed by atoms with Crippen molar-refractivity contribution < 1.29 is 23.0 Å². The number of aliphatic hydroxyl groups is 1. The first-order valence-electron chi connectivity index (χ1n) is 9.41. The number of alkyl halides is 3. The first-order valence-corrected chi connectivity index (χ1v) is 10.2. The predicted octanol–water partition coefficient (Wildman–Crippen LogP) is 4.95. The Hall–Kier alpha value is -1.41. The zero-order chi connectivity index (χ0) is 20.6. The Balaban J connectivity index is 1.61. The van der Waals surface area contributed by atoms with E-state index < -0.39 is 17.3 Å². The van der Waals surface area contributed by atoms with Gasteiger partial charge in [-0.1, -0.05) is 12.1 Å². The molecule has 1 aromatic carbocycles. The summed E-state index contributed by atoms with van der Waals surface area (Å²) < 4.78 is 43.1. The molecule has 1 unspecified atom stereocenters. The summed E-state index contributed by atoms with van der Waals surface area (Å²) in [6.45, 7) is 2.75. The van der Waals surface area contributed by atoms with Gasteiger partial charge in [0, 0.05) is 21.9 Å². The lowest BCUT2D eigenvalue weighted by Crippen LogP contribution is -2.40. The lowest BCUT2D eigenvalue weighted by molar-refractivity contribution is -0.137. The molecule has 0 aliphatic rings. The van der Waals surface area contributed by atoms with Crippen LogP contribution < -0.4 is 5.73 Å². The summed E-state index contributed by atoms with van der Waals surface area (Å²) in [6.07, 6.45) is 0.200. The maximum atomic E-state index is 12.5. The number of nitrogens with two attached hydrogens (primary N) is 1. The fourth-order valence-electron chi connectivity index (χ4n) is 2.66. The Labute approximate surface area is 168 Å². The molecule has 0 radical (unpaired) electrons. The fourth-order valence-corrected chi connectivity index (χ4v) is 3.72. The van der Waals surface area contributed by atoms with Gasteiger partial charge in [-0.2, -0.15) is 13.2 Å². The zero-order valence-corrected chi connectivity index (χ0v) is 16.9. The number of halogens is 3. The molecule has 0 fully saturated rings. The number of ether oxygens (including phenoxy) is 1. The van der Waals surface area contributed by atoms with Gasteiger partial charge >= 0.3 is 6.18 Å². The summed E-state index contributed by atoms with van der Waals surface area (Å²) in [5, 5.41) is 9.20. The number of rotatable bonds is 11. The maximum Gasteiger partial charge on any atom is 0.416 e. The molecule has 0 saturated carbocycles. The minimum Gasteiger partial charge on any atom is -0.394 e. The van der Waals surface area contributed by atoms with Crippen LogP contribution in [-0.2, 0) is 30.4 Å². The van der Waals surface area contributed by atoms with Crippen LogP contribution in [0.15, 0.2) is 36.4 Å². The van der Waals surface area contributed by atoms with Crippen molar-refractivity contribution in [2.45, 2.75) is 57.3 Å². The minimum atomic E-state index is -4.30. The molecule has 1 aromatic heterocycles. The summed E-state index contributed by atoms with van der Waals surface area (Å²) >= 11 is 1.78. The van der Waals surface area contributed by atoms with Gasteiger partial charge in [-0.3, -0.25) is 0 Å². The van der Waals surface area contributed by atoms with Crippen LogP contribution in [0, 0.1) is 0 Å². The quantitative estimate of drug-likeness (QED) is 0.511. The summed E-state index contributed by atoms with van der Waals surface area (Å²) in [5.41, 5.74) is 5.52. The van der Waals surface area contributed by atoms with Gasteiger partial charge in [0.1, 0.15) is 0 Å². The van der Waals surface area contributed by atoms with Gasteiger partial charge in [0.05, 0.1) is 18.8 Å². The van der Waals surface area contributed by atoms with Gasteiger partial charge in [0.15, 0.2) is 0 Å². The van der Waals surface area contributed by atoms with Crippen LogP contribution >= 0.6 is 11.3 Å². The van der Waals surface area contributed by atoms with Crippen LogP contribution in [0.2, 0.25) is 0 Å². The van der Waals surface area contributed by atoms with Crippen LogP contribution in [0.4, 0.5) is 13.2 Å². The molecular weight excluding hydrogens is 387 g/mol. The van der Waals surface area contributed by atoms with Crippen LogP contribution in [0.1, 0.15) is 47.1 Å². The molecular formula is C21H28F3NO2S. The average molecular weight is 416 g/mol. The second kappa shape index (κ2) is 10.4. The number of aliphatic hydroxyl groups excluding tert-OH is 1. The van der Waals surface area contributed by atoms with E-state index in [1.165, 1.54) is 21.9 Å². The highest BCUT2D eigenvalue weighted by molar-refractivity contribution is 7.11. The van der Waals surface area contributed by atoms with Crippen LogP contribution in [0.5, 0.6) is 0 Å². The molecule has 1 heterocycles. The van der Waals surface area contributed by atoms with Crippen molar-refractivity contribution in [2.24, 2.45) is 5.73 Å². The maximum absolute atomic E-state index is 12.5. The Kier molecular flexibility index (Phi) is 8.49. The molecule has 0 amide bonds. The molecule has 0 aliphatic carbocycles. The van der Waals surface area contributed by atoms with Crippen molar-refractivity contribution in [3.63, 3.8) is 0 Å². The molecule has 0 saturated heterocycles. The van der Waals surface area contributed by atoms with Gasteiger partial charge in [-0.25, -0.2) is 0 Å². The highest BCUT2D eigenvalue weighted by Crippen LogP contribution is 2.29. The number of unbranched alkanes of at least 4 members (excludes halogenated alkanes) is 1. The molecule has 2 rings (SSSR count). The van der Waals surface area contributed by atoms with Gasteiger partial charge in [-0.15, -0.1) is 11.3 Å². The number of hydrogen-bond acceptors (Lipinski definition) is 4. The van der Waals surface area contributed by atoms with Crippen LogP contribution in [0.3, 0.4) is 0 Å². The summed E-state index contributed by atoms with van der Waals surface area (Å²) in [4.78, 5) is 2.60. The van der Waals surface area contributed by atoms with Crippen molar-refractivity contribution in [3.05, 3.63) is 57.3 Å². The van der Waals surface area contributed by atoms with Crippen molar-refractivity contribution in [2.75, 3.05) is 13.2 Å². The second-order valence-corrected chi connectivity index (χ2v) is 8.64. The molecule has 28 heavy (non-hydrogen) atoms. The summed E-state index contributed by atoms with van der Waals surface area (Å²) in [7, 11) is 0. The number of benzene rings is 1. The lowest BCUT2D eigenvalue weighted by Gasteiger charge is -2.20. The van der Waals surface area contributed by atoms with Gasteiger partial charge < -0.3 is 15.6 Å². The van der Waals surface area contributed by atoms with E-state index in [9.17, 15) is 18.3 Å². The molecule has 1 atom stereocenters. The lowest BCUT2D eigenvalue weighted by atomic mass is 9.98. The predicted molar refractivity (Wildman–Crippen MR) is 106 cm³/mol. The molecule has 0 spiro atoms. The van der Waals surface area contributed by atoms with Crippen molar-refractivity contribution in [1.82, 2.24) is 0 Å².